The lowest BCUT2D eigenvalue weighted by atomic mass is 10.2. The molecule has 19 heavy (non-hydrogen) atoms. The number of hydrogen-bond acceptors (Lipinski definition) is 6. The van der Waals surface area contributed by atoms with E-state index in [0.29, 0.717) is 5.65 Å². The van der Waals surface area contributed by atoms with E-state index in [4.69, 9.17) is 4.84 Å². The first-order valence-corrected chi connectivity index (χ1v) is 6.37. The summed E-state index contributed by atoms with van der Waals surface area (Å²) in [5.41, 5.74) is 0.778. The molecule has 3 heterocycles. The number of hydrogen-bond donors (Lipinski definition) is 0. The first-order valence-electron chi connectivity index (χ1n) is 6.37. The van der Waals surface area contributed by atoms with Gasteiger partial charge in [-0.3, -0.25) is 0 Å². The summed E-state index contributed by atoms with van der Waals surface area (Å²) in [6.45, 7) is 1.59. The highest BCUT2D eigenvalue weighted by Gasteiger charge is 2.17. The van der Waals surface area contributed by atoms with E-state index in [-0.39, 0.29) is 5.69 Å². The molecule has 0 bridgehead atoms. The quantitative estimate of drug-likeness (QED) is 0.814. The van der Waals surface area contributed by atoms with Gasteiger partial charge in [-0.25, -0.2) is 19.7 Å². The Hall–Kier alpha value is -2.08. The largest absolute Gasteiger partial charge is 0.375 e. The number of piperidine rings is 1. The van der Waals surface area contributed by atoms with Crippen molar-refractivity contribution in [3.63, 3.8) is 0 Å². The van der Waals surface area contributed by atoms with Gasteiger partial charge in [0.1, 0.15) is 6.33 Å². The molecule has 1 aliphatic heterocycles. The Balaban J connectivity index is 1.77. The van der Waals surface area contributed by atoms with Crippen LogP contribution in [-0.4, -0.2) is 39.1 Å². The zero-order valence-corrected chi connectivity index (χ0v) is 10.5. The zero-order chi connectivity index (χ0) is 13.1. The smallest absolute Gasteiger partial charge is 0.363 e. The van der Waals surface area contributed by atoms with Gasteiger partial charge in [0.2, 0.25) is 0 Å². The van der Waals surface area contributed by atoms with Gasteiger partial charge < -0.3 is 4.84 Å². The molecule has 0 aromatic carbocycles. The van der Waals surface area contributed by atoms with Crippen molar-refractivity contribution < 1.29 is 9.63 Å². The third-order valence-electron chi connectivity index (χ3n) is 3.10. The molecule has 1 fully saturated rings. The number of hydroxylamine groups is 2. The molecule has 0 unspecified atom stereocenters. The van der Waals surface area contributed by atoms with Gasteiger partial charge in [-0.15, -0.1) is 5.06 Å². The zero-order valence-electron chi connectivity index (χ0n) is 10.5. The average molecular weight is 258 g/mol. The van der Waals surface area contributed by atoms with Crippen molar-refractivity contribution >= 4 is 17.0 Å². The fourth-order valence-corrected chi connectivity index (χ4v) is 2.10. The van der Waals surface area contributed by atoms with Gasteiger partial charge in [0.15, 0.2) is 11.3 Å². The van der Waals surface area contributed by atoms with E-state index < -0.39 is 5.97 Å². The molecule has 0 amide bonds. The van der Waals surface area contributed by atoms with Crippen molar-refractivity contribution in [1.29, 1.82) is 0 Å². The predicted molar refractivity (Wildman–Crippen MR) is 68.2 cm³/mol. The maximum absolute atomic E-state index is 12.0. The molecular weight excluding hydrogens is 244 g/mol. The summed E-state index contributed by atoms with van der Waals surface area (Å²) in [7, 11) is 0. The van der Waals surface area contributed by atoms with Gasteiger partial charge >= 0.3 is 5.97 Å². The molecule has 1 saturated heterocycles. The van der Waals surface area contributed by atoms with Crippen molar-refractivity contribution in [3.05, 3.63) is 30.4 Å². The van der Waals surface area contributed by atoms with Gasteiger partial charge in [-0.1, -0.05) is 6.42 Å². The summed E-state index contributed by atoms with van der Waals surface area (Å²) in [6.07, 6.45) is 6.39. The number of carbonyl (C=O) groups excluding carboxylic acids is 1. The van der Waals surface area contributed by atoms with Crippen LogP contribution in [0.25, 0.3) is 11.0 Å². The Labute approximate surface area is 110 Å². The van der Waals surface area contributed by atoms with Gasteiger partial charge in [0, 0.05) is 24.7 Å². The third kappa shape index (κ3) is 2.68. The fourth-order valence-electron chi connectivity index (χ4n) is 2.10. The van der Waals surface area contributed by atoms with Crippen LogP contribution in [0.3, 0.4) is 0 Å². The molecule has 0 aliphatic carbocycles. The monoisotopic (exact) mass is 258 g/mol. The minimum Gasteiger partial charge on any atom is -0.363 e. The Morgan fingerprint density at radius 3 is 2.89 bits per heavy atom. The second-order valence-electron chi connectivity index (χ2n) is 4.50. The van der Waals surface area contributed by atoms with Crippen LogP contribution in [-0.2, 0) is 4.84 Å². The molecule has 0 spiro atoms. The molecule has 2 aromatic rings. The topological polar surface area (TPSA) is 68.2 Å². The van der Waals surface area contributed by atoms with Gasteiger partial charge in [0.05, 0.1) is 0 Å². The van der Waals surface area contributed by atoms with Crippen molar-refractivity contribution in [2.75, 3.05) is 13.1 Å². The number of aromatic nitrogens is 3. The molecule has 0 atom stereocenters. The summed E-state index contributed by atoms with van der Waals surface area (Å²) < 4.78 is 0. The van der Waals surface area contributed by atoms with E-state index in [0.717, 1.165) is 31.3 Å². The highest BCUT2D eigenvalue weighted by molar-refractivity contribution is 5.89. The maximum atomic E-state index is 12.0. The lowest BCUT2D eigenvalue weighted by Crippen LogP contribution is -2.32. The molecule has 3 rings (SSSR count). The Morgan fingerprint density at radius 1 is 1.21 bits per heavy atom. The first kappa shape index (κ1) is 12.0. The highest BCUT2D eigenvalue weighted by atomic mass is 16.7. The van der Waals surface area contributed by atoms with Gasteiger partial charge in [-0.05, 0) is 25.0 Å². The van der Waals surface area contributed by atoms with Crippen LogP contribution in [0.4, 0.5) is 0 Å². The molecule has 0 radical (unpaired) electrons. The van der Waals surface area contributed by atoms with Gasteiger partial charge in [0.25, 0.3) is 0 Å². The van der Waals surface area contributed by atoms with Crippen LogP contribution < -0.4 is 0 Å². The number of rotatable bonds is 2. The van der Waals surface area contributed by atoms with E-state index in [1.807, 2.05) is 0 Å². The predicted octanol–water partition coefficient (Wildman–Crippen LogP) is 1.58. The second-order valence-corrected chi connectivity index (χ2v) is 4.50. The molecule has 98 valence electrons. The SMILES string of the molecule is O=C(ON1CCCCC1)c1ccc2cncnc2n1. The standard InChI is InChI=1S/C13H14N4O2/c18-13(19-17-6-2-1-3-7-17)11-5-4-10-8-14-9-15-12(10)16-11/h4-5,8-9H,1-3,6-7H2. The molecule has 1 aliphatic rings. The Kier molecular flexibility index (Phi) is 3.33. The molecule has 6 nitrogen and oxygen atoms in total. The molecular formula is C13H14N4O2. The summed E-state index contributed by atoms with van der Waals surface area (Å²) >= 11 is 0. The van der Waals surface area contributed by atoms with Crippen LogP contribution in [0.5, 0.6) is 0 Å². The molecule has 0 saturated carbocycles. The highest BCUT2D eigenvalue weighted by Crippen LogP contribution is 2.12. The lowest BCUT2D eigenvalue weighted by Gasteiger charge is -2.24. The minimum atomic E-state index is -0.428. The van der Waals surface area contributed by atoms with Crippen LogP contribution >= 0.6 is 0 Å². The Bertz CT molecular complexity index is 596. The number of nitrogens with zero attached hydrogens (tertiary/aromatic N) is 4. The first-order chi connectivity index (χ1) is 9.33. The van der Waals surface area contributed by atoms with E-state index in [2.05, 4.69) is 15.0 Å². The third-order valence-corrected chi connectivity index (χ3v) is 3.10. The van der Waals surface area contributed by atoms with Crippen LogP contribution in [0.15, 0.2) is 24.7 Å². The minimum absolute atomic E-state index is 0.275. The van der Waals surface area contributed by atoms with Crippen molar-refractivity contribution in [1.82, 2.24) is 20.0 Å². The normalized spacial score (nSPS) is 16.4. The van der Waals surface area contributed by atoms with Crippen LogP contribution in [0, 0.1) is 0 Å². The van der Waals surface area contributed by atoms with Crippen molar-refractivity contribution in [2.24, 2.45) is 0 Å². The van der Waals surface area contributed by atoms with Crippen LogP contribution in [0.1, 0.15) is 29.8 Å². The van der Waals surface area contributed by atoms with Crippen molar-refractivity contribution in [2.45, 2.75) is 19.3 Å². The van der Waals surface area contributed by atoms with E-state index in [1.54, 1.807) is 23.4 Å². The molecule has 2 aromatic heterocycles. The second kappa shape index (κ2) is 5.27. The summed E-state index contributed by atoms with van der Waals surface area (Å²) in [5.74, 6) is -0.428. The van der Waals surface area contributed by atoms with E-state index >= 15 is 0 Å². The lowest BCUT2D eigenvalue weighted by molar-refractivity contribution is -0.119. The van der Waals surface area contributed by atoms with E-state index in [9.17, 15) is 4.79 Å². The fraction of sp³-hybridized carbons (Fsp3) is 0.385. The Morgan fingerprint density at radius 2 is 2.05 bits per heavy atom. The summed E-state index contributed by atoms with van der Waals surface area (Å²) in [4.78, 5) is 29.4. The van der Waals surface area contributed by atoms with Crippen molar-refractivity contribution in [3.8, 4) is 0 Å². The summed E-state index contributed by atoms with van der Waals surface area (Å²) in [6, 6.07) is 3.41. The number of carbonyl (C=O) groups is 1. The average Bonchev–Trinajstić information content (AvgIpc) is 2.48. The van der Waals surface area contributed by atoms with E-state index in [1.165, 1.54) is 12.7 Å². The number of pyridine rings is 1. The van der Waals surface area contributed by atoms with Gasteiger partial charge in [-0.2, -0.15) is 0 Å². The number of fused-ring (bicyclic) bond motifs is 1. The molecule has 6 heteroatoms. The summed E-state index contributed by atoms with van der Waals surface area (Å²) in [5, 5.41) is 2.51. The maximum Gasteiger partial charge on any atom is 0.375 e. The van der Waals surface area contributed by atoms with Crippen LogP contribution in [0.2, 0.25) is 0 Å². The molecule has 0 N–H and O–H groups in total.